The van der Waals surface area contributed by atoms with Crippen molar-refractivity contribution in [2.75, 3.05) is 10.4 Å². The first kappa shape index (κ1) is 18.4. The lowest BCUT2D eigenvalue weighted by Crippen LogP contribution is -2.31. The van der Waals surface area contributed by atoms with Gasteiger partial charge in [-0.1, -0.05) is 46.1 Å². The quantitative estimate of drug-likeness (QED) is 0.359. The molecule has 134 valence electrons. The summed E-state index contributed by atoms with van der Waals surface area (Å²) in [4.78, 5) is 12.8. The van der Waals surface area contributed by atoms with E-state index in [1.54, 1.807) is 45.5 Å². The summed E-state index contributed by atoms with van der Waals surface area (Å²) in [5, 5.41) is 5.93. The van der Waals surface area contributed by atoms with Crippen LogP contribution in [-0.2, 0) is 4.20 Å². The van der Waals surface area contributed by atoms with Crippen molar-refractivity contribution in [1.29, 1.82) is 0 Å². The smallest absolute Gasteiger partial charge is 0.343 e. The molecule has 26 heavy (non-hydrogen) atoms. The lowest BCUT2D eigenvalue weighted by molar-refractivity contribution is 0.549. The molecule has 1 unspecified atom stereocenters. The lowest BCUT2D eigenvalue weighted by Gasteiger charge is -2.28. The standard InChI is InChI=1S/C18H13Cl2NO2S3/c1-10-3-2-4-13(5-10)21-18(24-9-25-26-18)14-7-11-6-12(19)8-15(20)16(11)23-17(14)22/h2-8,21H,9H2,1H3. The maximum absolute atomic E-state index is 12.8. The van der Waals surface area contributed by atoms with Gasteiger partial charge in [0.1, 0.15) is 0 Å². The Labute approximate surface area is 172 Å². The Morgan fingerprint density at radius 1 is 1.19 bits per heavy atom. The van der Waals surface area contributed by atoms with Crippen molar-refractivity contribution in [2.24, 2.45) is 0 Å². The number of aryl methyl sites for hydroxylation is 1. The number of fused-ring (bicyclic) bond motifs is 1. The summed E-state index contributed by atoms with van der Waals surface area (Å²) in [5.41, 5.74) is 2.61. The average molecular weight is 442 g/mol. The Kier molecular flexibility index (Phi) is 5.14. The fourth-order valence-electron chi connectivity index (χ4n) is 2.78. The summed E-state index contributed by atoms with van der Waals surface area (Å²) >= 11 is 14.0. The predicted molar refractivity (Wildman–Crippen MR) is 117 cm³/mol. The molecule has 4 rings (SSSR count). The summed E-state index contributed by atoms with van der Waals surface area (Å²) in [6.45, 7) is 2.04. The molecular weight excluding hydrogens is 429 g/mol. The molecule has 1 saturated heterocycles. The van der Waals surface area contributed by atoms with Gasteiger partial charge in [-0.2, -0.15) is 0 Å². The molecule has 1 N–H and O–H groups in total. The van der Waals surface area contributed by atoms with Crippen LogP contribution in [-0.4, -0.2) is 5.08 Å². The number of halogens is 2. The van der Waals surface area contributed by atoms with Crippen LogP contribution >= 0.6 is 56.6 Å². The van der Waals surface area contributed by atoms with Crippen LogP contribution in [0.2, 0.25) is 10.0 Å². The number of hydrogen-bond acceptors (Lipinski definition) is 6. The van der Waals surface area contributed by atoms with Crippen LogP contribution in [0, 0.1) is 6.92 Å². The van der Waals surface area contributed by atoms with Gasteiger partial charge < -0.3 is 9.73 Å². The summed E-state index contributed by atoms with van der Waals surface area (Å²) in [6.07, 6.45) is 0. The average Bonchev–Trinajstić information content (AvgIpc) is 3.04. The van der Waals surface area contributed by atoms with Gasteiger partial charge in [0.05, 0.1) is 15.7 Å². The van der Waals surface area contributed by atoms with Crippen molar-refractivity contribution >= 4 is 73.2 Å². The van der Waals surface area contributed by atoms with E-state index in [2.05, 4.69) is 11.4 Å². The van der Waals surface area contributed by atoms with E-state index >= 15 is 0 Å². The van der Waals surface area contributed by atoms with Gasteiger partial charge in [0.15, 0.2) is 9.79 Å². The van der Waals surface area contributed by atoms with Crippen LogP contribution in [0.25, 0.3) is 11.0 Å². The van der Waals surface area contributed by atoms with E-state index in [0.717, 1.165) is 16.3 Å². The molecule has 1 aromatic heterocycles. The van der Waals surface area contributed by atoms with Gasteiger partial charge in [0.2, 0.25) is 0 Å². The highest BCUT2D eigenvalue weighted by Gasteiger charge is 2.41. The van der Waals surface area contributed by atoms with Crippen molar-refractivity contribution in [1.82, 2.24) is 0 Å². The molecule has 1 atom stereocenters. The second kappa shape index (κ2) is 7.24. The van der Waals surface area contributed by atoms with Crippen LogP contribution in [0.4, 0.5) is 5.69 Å². The Morgan fingerprint density at radius 2 is 2.04 bits per heavy atom. The Hall–Kier alpha value is -0.920. The van der Waals surface area contributed by atoms with Crippen molar-refractivity contribution in [3.8, 4) is 0 Å². The van der Waals surface area contributed by atoms with E-state index in [-0.39, 0.29) is 0 Å². The van der Waals surface area contributed by atoms with Crippen LogP contribution in [0.5, 0.6) is 0 Å². The van der Waals surface area contributed by atoms with Gasteiger partial charge in [0, 0.05) is 16.1 Å². The number of nitrogens with one attached hydrogen (secondary N) is 1. The van der Waals surface area contributed by atoms with Crippen LogP contribution in [0.1, 0.15) is 11.1 Å². The topological polar surface area (TPSA) is 42.2 Å². The molecule has 1 fully saturated rings. The highest BCUT2D eigenvalue weighted by Crippen LogP contribution is 2.59. The number of thioether (sulfide) groups is 1. The summed E-state index contributed by atoms with van der Waals surface area (Å²) in [6, 6.07) is 13.2. The highest BCUT2D eigenvalue weighted by molar-refractivity contribution is 8.82. The Bertz CT molecular complexity index is 1050. The molecule has 2 aromatic carbocycles. The monoisotopic (exact) mass is 441 g/mol. The van der Waals surface area contributed by atoms with E-state index in [0.29, 0.717) is 26.6 Å². The first-order chi connectivity index (χ1) is 12.5. The third-order valence-corrected chi connectivity index (χ3v) is 9.57. The van der Waals surface area contributed by atoms with E-state index in [9.17, 15) is 4.79 Å². The summed E-state index contributed by atoms with van der Waals surface area (Å²) in [7, 11) is 3.32. The first-order valence-corrected chi connectivity index (χ1v) is 11.8. The van der Waals surface area contributed by atoms with Crippen molar-refractivity contribution in [3.05, 3.63) is 74.1 Å². The number of rotatable bonds is 3. The number of hydrogen-bond donors (Lipinski definition) is 1. The van der Waals surface area contributed by atoms with Crippen molar-refractivity contribution in [3.63, 3.8) is 0 Å². The Morgan fingerprint density at radius 3 is 2.77 bits per heavy atom. The van der Waals surface area contributed by atoms with E-state index < -0.39 is 9.83 Å². The van der Waals surface area contributed by atoms with Gasteiger partial charge in [-0.3, -0.25) is 0 Å². The van der Waals surface area contributed by atoms with Gasteiger partial charge in [0.25, 0.3) is 0 Å². The molecule has 3 nitrogen and oxygen atoms in total. The van der Waals surface area contributed by atoms with Gasteiger partial charge in [-0.05, 0) is 53.6 Å². The molecule has 2 heterocycles. The molecule has 0 amide bonds. The molecular formula is C18H13Cl2NO2S3. The predicted octanol–water partition coefficient (Wildman–Crippen LogP) is 6.72. The van der Waals surface area contributed by atoms with Gasteiger partial charge in [-0.15, -0.1) is 11.8 Å². The van der Waals surface area contributed by atoms with E-state index in [4.69, 9.17) is 27.6 Å². The molecule has 0 radical (unpaired) electrons. The minimum absolute atomic E-state index is 0.331. The molecule has 8 heteroatoms. The fourth-order valence-corrected chi connectivity index (χ4v) is 8.68. The van der Waals surface area contributed by atoms with E-state index in [1.807, 2.05) is 31.2 Å². The minimum Gasteiger partial charge on any atom is -0.421 e. The zero-order valence-electron chi connectivity index (χ0n) is 13.5. The van der Waals surface area contributed by atoms with Crippen LogP contribution < -0.4 is 10.9 Å². The zero-order valence-corrected chi connectivity index (χ0v) is 17.5. The molecule has 3 aromatic rings. The molecule has 0 saturated carbocycles. The minimum atomic E-state index is -0.637. The van der Waals surface area contributed by atoms with Crippen molar-refractivity contribution < 1.29 is 4.42 Å². The van der Waals surface area contributed by atoms with Gasteiger partial charge in [-0.25, -0.2) is 4.79 Å². The Balaban J connectivity index is 1.87. The SMILES string of the molecule is Cc1cccc(NC2(c3cc4cc(Cl)cc(Cl)c4oc3=O)SCSS2)c1. The number of anilines is 1. The second-order valence-corrected chi connectivity index (χ2v) is 11.0. The fraction of sp³-hybridized carbons (Fsp3) is 0.167. The summed E-state index contributed by atoms with van der Waals surface area (Å²) < 4.78 is 4.92. The normalized spacial score (nSPS) is 19.8. The molecule has 1 aliphatic heterocycles. The van der Waals surface area contributed by atoms with Crippen LogP contribution in [0.3, 0.4) is 0 Å². The maximum Gasteiger partial charge on any atom is 0.343 e. The zero-order chi connectivity index (χ0) is 18.3. The molecule has 0 aliphatic carbocycles. The third kappa shape index (κ3) is 3.45. The molecule has 0 bridgehead atoms. The molecule has 0 spiro atoms. The molecule has 1 aliphatic rings. The lowest BCUT2D eigenvalue weighted by atomic mass is 10.1. The van der Waals surface area contributed by atoms with Crippen LogP contribution in [0.15, 0.2) is 51.7 Å². The second-order valence-electron chi connectivity index (χ2n) is 5.83. The first-order valence-electron chi connectivity index (χ1n) is 7.70. The van der Waals surface area contributed by atoms with Gasteiger partial charge >= 0.3 is 5.63 Å². The largest absolute Gasteiger partial charge is 0.421 e. The number of benzene rings is 2. The highest BCUT2D eigenvalue weighted by atomic mass is 35.5. The van der Waals surface area contributed by atoms with Crippen molar-refractivity contribution in [2.45, 2.75) is 11.1 Å². The van der Waals surface area contributed by atoms with E-state index in [1.165, 1.54) is 0 Å². The third-order valence-electron chi connectivity index (χ3n) is 3.92. The summed E-state index contributed by atoms with van der Waals surface area (Å²) in [5.74, 6) is 0. The maximum atomic E-state index is 12.8.